The molecule has 2 rings (SSSR count). The summed E-state index contributed by atoms with van der Waals surface area (Å²) in [6, 6.07) is 8.50. The van der Waals surface area contributed by atoms with E-state index in [2.05, 4.69) is 71.5 Å². The number of nitrogens with zero attached hydrogens (tertiary/aromatic N) is 2. The van der Waals surface area contributed by atoms with Crippen molar-refractivity contribution in [2.75, 3.05) is 5.08 Å². The van der Waals surface area contributed by atoms with Crippen molar-refractivity contribution in [1.82, 2.24) is 0 Å². The Morgan fingerprint density at radius 1 is 1.38 bits per heavy atom. The lowest BCUT2D eigenvalue weighted by Crippen LogP contribution is -2.13. The van der Waals surface area contributed by atoms with E-state index >= 15 is 0 Å². The summed E-state index contributed by atoms with van der Waals surface area (Å²) in [6.07, 6.45) is 0. The Labute approximate surface area is 156 Å². The van der Waals surface area contributed by atoms with Crippen LogP contribution in [0.2, 0.25) is 0 Å². The van der Waals surface area contributed by atoms with Gasteiger partial charge in [-0.05, 0) is 77.9 Å². The largest absolute Gasteiger partial charge is 0.260 e. The fourth-order valence-corrected chi connectivity index (χ4v) is 5.86. The zero-order chi connectivity index (χ0) is 15.3. The quantitative estimate of drug-likeness (QED) is 0.179. The molecule has 1 aromatic rings. The second-order valence-electron chi connectivity index (χ2n) is 4.59. The molecule has 0 saturated carbocycles. The second kappa shape index (κ2) is 8.20. The summed E-state index contributed by atoms with van der Waals surface area (Å²) in [5.74, 6) is 0. The molecule has 0 N–H and O–H groups in total. The van der Waals surface area contributed by atoms with Gasteiger partial charge in [0.1, 0.15) is 9.78 Å². The lowest BCUT2D eigenvalue weighted by Gasteiger charge is -2.14. The van der Waals surface area contributed by atoms with Gasteiger partial charge in [0.25, 0.3) is 0 Å². The maximum absolute atomic E-state index is 8.56. The molecule has 0 saturated heterocycles. The first kappa shape index (κ1) is 17.6. The molecule has 7 heteroatoms. The van der Waals surface area contributed by atoms with Gasteiger partial charge in [0.05, 0.1) is 10.6 Å². The Kier molecular flexibility index (Phi) is 6.87. The SMILES string of the molecule is CC1(C)N=C(SCSC#N)S/C1=C/Sc1ccc(I)cc1. The van der Waals surface area contributed by atoms with E-state index in [1.54, 1.807) is 35.3 Å². The van der Waals surface area contributed by atoms with Crippen molar-refractivity contribution in [3.8, 4) is 5.40 Å². The number of thioether (sulfide) groups is 4. The molecule has 0 fully saturated rings. The average Bonchev–Trinajstić information content (AvgIpc) is 2.73. The van der Waals surface area contributed by atoms with Gasteiger partial charge >= 0.3 is 0 Å². The van der Waals surface area contributed by atoms with Crippen molar-refractivity contribution >= 4 is 74.0 Å². The monoisotopic (exact) mass is 464 g/mol. The highest BCUT2D eigenvalue weighted by Gasteiger charge is 2.31. The Morgan fingerprint density at radius 2 is 2.10 bits per heavy atom. The van der Waals surface area contributed by atoms with Crippen molar-refractivity contribution < 1.29 is 0 Å². The summed E-state index contributed by atoms with van der Waals surface area (Å²) >= 11 is 8.66. The standard InChI is InChI=1S/C14H13IN2S4/c1-14(2)12(21-13(17-14)20-9-18-8-16)7-19-11-5-3-10(15)4-6-11/h3-7H,9H2,1-2H3/b12-7+. The molecular formula is C14H13IN2S4. The van der Waals surface area contributed by atoms with Gasteiger partial charge < -0.3 is 0 Å². The molecule has 0 aliphatic carbocycles. The minimum atomic E-state index is -0.166. The number of nitriles is 1. The van der Waals surface area contributed by atoms with Crippen molar-refractivity contribution in [3.63, 3.8) is 0 Å². The van der Waals surface area contributed by atoms with Gasteiger partial charge in [-0.3, -0.25) is 4.99 Å². The molecule has 1 aliphatic heterocycles. The molecule has 0 radical (unpaired) electrons. The number of halogens is 1. The predicted molar refractivity (Wildman–Crippen MR) is 108 cm³/mol. The van der Waals surface area contributed by atoms with Crippen LogP contribution in [-0.4, -0.2) is 15.0 Å². The van der Waals surface area contributed by atoms with Crippen molar-refractivity contribution in [3.05, 3.63) is 38.1 Å². The smallest absolute Gasteiger partial charge is 0.134 e. The third-order valence-corrected chi connectivity index (χ3v) is 7.48. The molecule has 1 aromatic carbocycles. The van der Waals surface area contributed by atoms with E-state index in [1.807, 2.05) is 0 Å². The van der Waals surface area contributed by atoms with E-state index in [0.29, 0.717) is 0 Å². The van der Waals surface area contributed by atoms with E-state index in [1.165, 1.54) is 25.1 Å². The second-order valence-corrected chi connectivity index (χ2v) is 10.2. The highest BCUT2D eigenvalue weighted by Crippen LogP contribution is 2.44. The number of hydrogen-bond donors (Lipinski definition) is 0. The molecule has 0 amide bonds. The van der Waals surface area contributed by atoms with Gasteiger partial charge in [-0.15, -0.1) is 0 Å². The average molecular weight is 464 g/mol. The maximum atomic E-state index is 8.56. The van der Waals surface area contributed by atoms with Crippen LogP contribution in [0.3, 0.4) is 0 Å². The van der Waals surface area contributed by atoms with Gasteiger partial charge in [0.2, 0.25) is 0 Å². The van der Waals surface area contributed by atoms with E-state index in [4.69, 9.17) is 10.3 Å². The van der Waals surface area contributed by atoms with Crippen LogP contribution in [0.5, 0.6) is 0 Å². The number of benzene rings is 1. The lowest BCUT2D eigenvalue weighted by molar-refractivity contribution is 0.658. The first-order valence-electron chi connectivity index (χ1n) is 6.05. The third-order valence-electron chi connectivity index (χ3n) is 2.59. The predicted octanol–water partition coefficient (Wildman–Crippen LogP) is 6.01. The summed E-state index contributed by atoms with van der Waals surface area (Å²) in [5.41, 5.74) is -0.166. The molecule has 0 atom stereocenters. The van der Waals surface area contributed by atoms with Crippen molar-refractivity contribution in [2.24, 2.45) is 4.99 Å². The Bertz CT molecular complexity index is 602. The summed E-state index contributed by atoms with van der Waals surface area (Å²) in [6.45, 7) is 4.26. The Balaban J connectivity index is 1.99. The van der Waals surface area contributed by atoms with E-state index in [0.717, 1.165) is 9.46 Å². The molecule has 0 aromatic heterocycles. The first-order valence-corrected chi connectivity index (χ1v) is 10.8. The fourth-order valence-electron chi connectivity index (χ4n) is 1.50. The van der Waals surface area contributed by atoms with Crippen LogP contribution in [0.4, 0.5) is 0 Å². The molecule has 21 heavy (non-hydrogen) atoms. The van der Waals surface area contributed by atoms with Gasteiger partial charge in [0, 0.05) is 13.4 Å². The summed E-state index contributed by atoms with van der Waals surface area (Å²) in [5, 5.41) is 13.6. The molecule has 1 heterocycles. The maximum Gasteiger partial charge on any atom is 0.134 e. The van der Waals surface area contributed by atoms with Crippen molar-refractivity contribution in [2.45, 2.75) is 24.3 Å². The Morgan fingerprint density at radius 3 is 2.76 bits per heavy atom. The van der Waals surface area contributed by atoms with Gasteiger partial charge in [-0.2, -0.15) is 5.26 Å². The highest BCUT2D eigenvalue weighted by atomic mass is 127. The zero-order valence-electron chi connectivity index (χ0n) is 11.5. The molecule has 1 aliphatic rings. The lowest BCUT2D eigenvalue weighted by atomic mass is 10.1. The van der Waals surface area contributed by atoms with Crippen LogP contribution >= 0.6 is 69.6 Å². The molecule has 0 bridgehead atoms. The van der Waals surface area contributed by atoms with Crippen LogP contribution in [0.15, 0.2) is 44.5 Å². The molecule has 110 valence electrons. The van der Waals surface area contributed by atoms with Crippen LogP contribution < -0.4 is 0 Å². The number of thiocyanates is 1. The normalized spacial score (nSPS) is 18.6. The molecule has 2 nitrogen and oxygen atoms in total. The number of aliphatic imine (C=N–C) groups is 1. The van der Waals surface area contributed by atoms with E-state index in [9.17, 15) is 0 Å². The van der Waals surface area contributed by atoms with Crippen LogP contribution in [0.1, 0.15) is 13.8 Å². The molecular weight excluding hydrogens is 451 g/mol. The minimum absolute atomic E-state index is 0.166. The van der Waals surface area contributed by atoms with E-state index in [-0.39, 0.29) is 5.54 Å². The van der Waals surface area contributed by atoms with Gasteiger partial charge in [0.15, 0.2) is 0 Å². The fraction of sp³-hybridized carbons (Fsp3) is 0.286. The molecule has 0 spiro atoms. The minimum Gasteiger partial charge on any atom is -0.260 e. The topological polar surface area (TPSA) is 36.1 Å². The number of rotatable bonds is 4. The van der Waals surface area contributed by atoms with Crippen LogP contribution in [-0.2, 0) is 0 Å². The highest BCUT2D eigenvalue weighted by molar-refractivity contribution is 14.1. The number of hydrogen-bond acceptors (Lipinski definition) is 6. The van der Waals surface area contributed by atoms with Crippen LogP contribution in [0.25, 0.3) is 0 Å². The zero-order valence-corrected chi connectivity index (χ0v) is 16.9. The Hall–Kier alpha value is 0.250. The summed E-state index contributed by atoms with van der Waals surface area (Å²) < 4.78 is 2.30. The van der Waals surface area contributed by atoms with Crippen LogP contribution in [0, 0.1) is 14.2 Å². The van der Waals surface area contributed by atoms with E-state index < -0.39 is 0 Å². The first-order chi connectivity index (χ1) is 10.0. The van der Waals surface area contributed by atoms with Gasteiger partial charge in [-0.25, -0.2) is 0 Å². The van der Waals surface area contributed by atoms with Gasteiger partial charge in [-0.1, -0.05) is 35.3 Å². The summed E-state index contributed by atoms with van der Waals surface area (Å²) in [4.78, 5) is 7.23. The summed E-state index contributed by atoms with van der Waals surface area (Å²) in [7, 11) is 0. The molecule has 0 unspecified atom stereocenters. The van der Waals surface area contributed by atoms with Crippen molar-refractivity contribution in [1.29, 1.82) is 5.26 Å². The third kappa shape index (κ3) is 5.43.